The number of rotatable bonds is 8. The predicted octanol–water partition coefficient (Wildman–Crippen LogP) is 4.20. The first-order valence-corrected chi connectivity index (χ1v) is 9.19. The van der Waals surface area contributed by atoms with E-state index in [2.05, 4.69) is 41.2 Å². The Kier molecular flexibility index (Phi) is 5.82. The van der Waals surface area contributed by atoms with Crippen LogP contribution in [0.1, 0.15) is 50.3 Å². The molecule has 1 saturated carbocycles. The van der Waals surface area contributed by atoms with E-state index in [0.29, 0.717) is 18.5 Å². The van der Waals surface area contributed by atoms with Gasteiger partial charge in [0.2, 0.25) is 5.91 Å². The number of amides is 1. The fraction of sp³-hybridized carbons (Fsp3) is 0.429. The number of aromatic nitrogens is 1. The molecule has 1 aliphatic carbocycles. The highest BCUT2D eigenvalue weighted by Gasteiger charge is 2.30. The van der Waals surface area contributed by atoms with Crippen LogP contribution in [0.15, 0.2) is 48.7 Å². The van der Waals surface area contributed by atoms with Crippen molar-refractivity contribution in [2.24, 2.45) is 0 Å². The monoisotopic (exact) mass is 337 g/mol. The molecule has 2 aromatic rings. The minimum Gasteiger partial charge on any atom is -0.325 e. The zero-order valence-electron chi connectivity index (χ0n) is 15.1. The molecule has 1 heterocycles. The number of anilines is 1. The van der Waals surface area contributed by atoms with Gasteiger partial charge in [0.25, 0.3) is 0 Å². The van der Waals surface area contributed by atoms with Gasteiger partial charge in [-0.25, -0.2) is 0 Å². The minimum atomic E-state index is 0.0409. The zero-order valence-corrected chi connectivity index (χ0v) is 15.1. The van der Waals surface area contributed by atoms with Crippen LogP contribution in [0.3, 0.4) is 0 Å². The molecule has 0 radical (unpaired) electrons. The van der Waals surface area contributed by atoms with Crippen LogP contribution in [0, 0.1) is 0 Å². The number of nitrogens with one attached hydrogen (secondary N) is 1. The molecule has 1 amide bonds. The molecule has 3 rings (SSSR count). The molecule has 0 saturated heterocycles. The molecule has 1 aromatic carbocycles. The van der Waals surface area contributed by atoms with Crippen LogP contribution in [0.4, 0.5) is 5.69 Å². The molecule has 1 unspecified atom stereocenters. The van der Waals surface area contributed by atoms with Crippen LogP contribution in [0.5, 0.6) is 0 Å². The standard InChI is InChI=1S/C21H27N3O/c1-3-16(2)17-7-9-18(10-8-17)23-21(25)15-24(20-11-12-20)14-19-6-4-5-13-22-19/h4-10,13,16,20H,3,11-12,14-15H2,1-2H3,(H,23,25). The van der Waals surface area contributed by atoms with Gasteiger partial charge in [-0.1, -0.05) is 32.0 Å². The number of carbonyl (C=O) groups is 1. The topological polar surface area (TPSA) is 45.2 Å². The third-order valence-corrected chi connectivity index (χ3v) is 4.88. The van der Waals surface area contributed by atoms with Crippen molar-refractivity contribution in [2.75, 3.05) is 11.9 Å². The summed E-state index contributed by atoms with van der Waals surface area (Å²) in [6.45, 7) is 5.55. The number of pyridine rings is 1. The van der Waals surface area contributed by atoms with Crippen molar-refractivity contribution in [3.05, 3.63) is 59.9 Å². The number of benzene rings is 1. The summed E-state index contributed by atoms with van der Waals surface area (Å²) in [5.74, 6) is 0.590. The van der Waals surface area contributed by atoms with E-state index >= 15 is 0 Å². The molecule has 132 valence electrons. The Labute approximate surface area is 150 Å². The van der Waals surface area contributed by atoms with Crippen LogP contribution in [-0.2, 0) is 11.3 Å². The Hall–Kier alpha value is -2.20. The van der Waals surface area contributed by atoms with Crippen LogP contribution in [0.2, 0.25) is 0 Å². The van der Waals surface area contributed by atoms with E-state index in [0.717, 1.165) is 24.3 Å². The number of hydrogen-bond donors (Lipinski definition) is 1. The molecule has 1 aliphatic rings. The van der Waals surface area contributed by atoms with Gasteiger partial charge in [0.1, 0.15) is 0 Å². The summed E-state index contributed by atoms with van der Waals surface area (Å²) in [6.07, 6.45) is 5.27. The summed E-state index contributed by atoms with van der Waals surface area (Å²) >= 11 is 0. The molecule has 1 fully saturated rings. The largest absolute Gasteiger partial charge is 0.325 e. The maximum Gasteiger partial charge on any atom is 0.238 e. The lowest BCUT2D eigenvalue weighted by Crippen LogP contribution is -2.34. The predicted molar refractivity (Wildman–Crippen MR) is 101 cm³/mol. The van der Waals surface area contributed by atoms with E-state index in [-0.39, 0.29) is 5.91 Å². The molecule has 0 aliphatic heterocycles. The maximum atomic E-state index is 12.4. The summed E-state index contributed by atoms with van der Waals surface area (Å²) < 4.78 is 0. The van der Waals surface area contributed by atoms with Gasteiger partial charge in [-0.05, 0) is 55.0 Å². The van der Waals surface area contributed by atoms with Crippen molar-refractivity contribution in [1.82, 2.24) is 9.88 Å². The Morgan fingerprint density at radius 1 is 1.24 bits per heavy atom. The summed E-state index contributed by atoms with van der Waals surface area (Å²) in [6, 6.07) is 14.7. The van der Waals surface area contributed by atoms with E-state index in [9.17, 15) is 4.79 Å². The van der Waals surface area contributed by atoms with E-state index in [1.807, 2.05) is 30.3 Å². The van der Waals surface area contributed by atoms with Crippen molar-refractivity contribution >= 4 is 11.6 Å². The first kappa shape index (κ1) is 17.6. The van der Waals surface area contributed by atoms with E-state index in [1.165, 1.54) is 18.4 Å². The van der Waals surface area contributed by atoms with Crippen molar-refractivity contribution in [2.45, 2.75) is 51.6 Å². The summed E-state index contributed by atoms with van der Waals surface area (Å²) in [5, 5.41) is 3.02. The van der Waals surface area contributed by atoms with Crippen molar-refractivity contribution < 1.29 is 4.79 Å². The van der Waals surface area contributed by atoms with Crippen LogP contribution in [0.25, 0.3) is 0 Å². The highest BCUT2D eigenvalue weighted by Crippen LogP contribution is 2.28. The van der Waals surface area contributed by atoms with Crippen LogP contribution < -0.4 is 5.32 Å². The number of hydrogen-bond acceptors (Lipinski definition) is 3. The normalized spacial score (nSPS) is 15.2. The first-order chi connectivity index (χ1) is 12.2. The van der Waals surface area contributed by atoms with Gasteiger partial charge < -0.3 is 5.32 Å². The van der Waals surface area contributed by atoms with Gasteiger partial charge in [-0.15, -0.1) is 0 Å². The van der Waals surface area contributed by atoms with E-state index in [1.54, 1.807) is 6.20 Å². The average molecular weight is 337 g/mol. The molecule has 0 spiro atoms. The lowest BCUT2D eigenvalue weighted by Gasteiger charge is -2.21. The van der Waals surface area contributed by atoms with Gasteiger partial charge in [0.15, 0.2) is 0 Å². The zero-order chi connectivity index (χ0) is 17.6. The van der Waals surface area contributed by atoms with Crippen molar-refractivity contribution in [1.29, 1.82) is 0 Å². The molecular formula is C21H27N3O. The van der Waals surface area contributed by atoms with Gasteiger partial charge in [-0.2, -0.15) is 0 Å². The molecule has 4 heteroatoms. The fourth-order valence-electron chi connectivity index (χ4n) is 2.97. The van der Waals surface area contributed by atoms with Crippen LogP contribution >= 0.6 is 0 Å². The number of nitrogens with zero attached hydrogens (tertiary/aromatic N) is 2. The highest BCUT2D eigenvalue weighted by atomic mass is 16.2. The van der Waals surface area contributed by atoms with Crippen LogP contribution in [-0.4, -0.2) is 28.4 Å². The number of carbonyl (C=O) groups excluding carboxylic acids is 1. The Morgan fingerprint density at radius 3 is 2.60 bits per heavy atom. The smallest absolute Gasteiger partial charge is 0.238 e. The third kappa shape index (κ3) is 5.13. The van der Waals surface area contributed by atoms with Gasteiger partial charge in [0.05, 0.1) is 12.2 Å². The molecule has 1 N–H and O–H groups in total. The van der Waals surface area contributed by atoms with Gasteiger partial charge >= 0.3 is 0 Å². The lowest BCUT2D eigenvalue weighted by molar-refractivity contribution is -0.117. The highest BCUT2D eigenvalue weighted by molar-refractivity contribution is 5.92. The second-order valence-electron chi connectivity index (χ2n) is 6.94. The first-order valence-electron chi connectivity index (χ1n) is 9.19. The quantitative estimate of drug-likeness (QED) is 0.785. The Bertz CT molecular complexity index is 680. The van der Waals surface area contributed by atoms with E-state index in [4.69, 9.17) is 0 Å². The van der Waals surface area contributed by atoms with E-state index < -0.39 is 0 Å². The maximum absolute atomic E-state index is 12.4. The van der Waals surface area contributed by atoms with Crippen molar-refractivity contribution in [3.63, 3.8) is 0 Å². The summed E-state index contributed by atoms with van der Waals surface area (Å²) in [5.41, 5.74) is 3.20. The lowest BCUT2D eigenvalue weighted by atomic mass is 9.99. The van der Waals surface area contributed by atoms with Gasteiger partial charge in [-0.3, -0.25) is 14.7 Å². The molecular weight excluding hydrogens is 310 g/mol. The fourth-order valence-corrected chi connectivity index (χ4v) is 2.97. The summed E-state index contributed by atoms with van der Waals surface area (Å²) in [7, 11) is 0. The Morgan fingerprint density at radius 2 is 2.00 bits per heavy atom. The van der Waals surface area contributed by atoms with Gasteiger partial charge in [0, 0.05) is 24.5 Å². The van der Waals surface area contributed by atoms with Crippen molar-refractivity contribution in [3.8, 4) is 0 Å². The Balaban J connectivity index is 1.56. The minimum absolute atomic E-state index is 0.0409. The second kappa shape index (κ2) is 8.26. The SMILES string of the molecule is CCC(C)c1ccc(NC(=O)CN(Cc2ccccn2)C2CC2)cc1. The summed E-state index contributed by atoms with van der Waals surface area (Å²) in [4.78, 5) is 19.1. The molecule has 0 bridgehead atoms. The molecule has 4 nitrogen and oxygen atoms in total. The molecule has 25 heavy (non-hydrogen) atoms. The molecule has 1 aromatic heterocycles. The molecule has 1 atom stereocenters. The third-order valence-electron chi connectivity index (χ3n) is 4.88. The second-order valence-corrected chi connectivity index (χ2v) is 6.94. The average Bonchev–Trinajstić information content (AvgIpc) is 3.47.